The molecule has 0 unspecified atom stereocenters. The van der Waals surface area contributed by atoms with Gasteiger partial charge in [-0.3, -0.25) is 0 Å². The van der Waals surface area contributed by atoms with Crippen molar-refractivity contribution in [1.82, 2.24) is 0 Å². The first-order chi connectivity index (χ1) is 11.6. The Kier molecular flexibility index (Phi) is 6.84. The van der Waals surface area contributed by atoms with Crippen LogP contribution >= 0.6 is 0 Å². The van der Waals surface area contributed by atoms with Crippen molar-refractivity contribution in [3.63, 3.8) is 0 Å². The van der Waals surface area contributed by atoms with Crippen LogP contribution in [0.4, 0.5) is 0 Å². The summed E-state index contributed by atoms with van der Waals surface area (Å²) in [5, 5.41) is 2.10. The van der Waals surface area contributed by atoms with Gasteiger partial charge in [-0.1, -0.05) is 52.0 Å². The van der Waals surface area contributed by atoms with Crippen LogP contribution in [-0.2, 0) is 17.6 Å². The molecule has 2 nitrogen and oxygen atoms in total. The first-order valence-electron chi connectivity index (χ1n) is 9.25. The van der Waals surface area contributed by atoms with Crippen LogP contribution in [0.5, 0.6) is 0 Å². The Hall–Kier alpha value is -1.83. The van der Waals surface area contributed by atoms with E-state index in [1.807, 2.05) is 12.1 Å². The van der Waals surface area contributed by atoms with Gasteiger partial charge in [-0.25, -0.2) is 4.79 Å². The van der Waals surface area contributed by atoms with E-state index in [0.717, 1.165) is 66.5 Å². The van der Waals surface area contributed by atoms with Gasteiger partial charge in [0.15, 0.2) is 0 Å². The van der Waals surface area contributed by atoms with E-state index < -0.39 is 0 Å². The second-order valence-electron chi connectivity index (χ2n) is 6.75. The molecular formula is C22H30O2. The Bertz CT molecular complexity index is 694. The Morgan fingerprint density at radius 2 is 2.00 bits per heavy atom. The van der Waals surface area contributed by atoms with Crippen molar-refractivity contribution in [3.8, 4) is 0 Å². The molecule has 2 heteroatoms. The van der Waals surface area contributed by atoms with Gasteiger partial charge in [0.2, 0.25) is 0 Å². The maximum atomic E-state index is 12.7. The van der Waals surface area contributed by atoms with E-state index in [4.69, 9.17) is 4.74 Å². The van der Waals surface area contributed by atoms with E-state index in [1.54, 1.807) is 6.08 Å². The normalized spacial score (nSPS) is 14.0. The highest BCUT2D eigenvalue weighted by Gasteiger charge is 2.20. The average molecular weight is 326 g/mol. The minimum absolute atomic E-state index is 0.180. The van der Waals surface area contributed by atoms with Gasteiger partial charge in [0, 0.05) is 0 Å². The Labute approximate surface area is 145 Å². The van der Waals surface area contributed by atoms with Crippen LogP contribution in [0, 0.1) is 5.92 Å². The standard InChI is InChI=1S/C22H30O2/c1-5-9-17(10-6-2)15-24-22(23)21-14-18-12-8-13-20(21)16(4)19(18)11-7-3/h7,11,14,17H,3-6,8-10,12-13,15H2,1-2H3/b19-11+. The van der Waals surface area contributed by atoms with Crippen molar-refractivity contribution in [2.24, 2.45) is 5.92 Å². The first-order valence-corrected chi connectivity index (χ1v) is 9.25. The summed E-state index contributed by atoms with van der Waals surface area (Å²) in [4.78, 5) is 12.7. The molecule has 0 fully saturated rings. The Morgan fingerprint density at radius 3 is 2.62 bits per heavy atom. The summed E-state index contributed by atoms with van der Waals surface area (Å²) in [6.45, 7) is 12.9. The number of esters is 1. The number of rotatable bonds is 8. The van der Waals surface area contributed by atoms with E-state index >= 15 is 0 Å². The molecule has 0 saturated heterocycles. The maximum Gasteiger partial charge on any atom is 0.338 e. The van der Waals surface area contributed by atoms with Crippen molar-refractivity contribution >= 4 is 18.6 Å². The summed E-state index contributed by atoms with van der Waals surface area (Å²) in [6, 6.07) is 2.02. The van der Waals surface area contributed by atoms with Crippen molar-refractivity contribution < 1.29 is 9.53 Å². The quantitative estimate of drug-likeness (QED) is 0.677. The Balaban J connectivity index is 2.24. The van der Waals surface area contributed by atoms with Crippen LogP contribution in [0.2, 0.25) is 0 Å². The summed E-state index contributed by atoms with van der Waals surface area (Å²) in [7, 11) is 0. The average Bonchev–Trinajstić information content (AvgIpc) is 2.87. The van der Waals surface area contributed by atoms with E-state index in [-0.39, 0.29) is 5.97 Å². The molecule has 2 bridgehead atoms. The SMILES string of the molecule is C=C/C=c1/c2cc(C(=O)OCC(CCC)CCC)c(c1=C)CCC2. The number of allylic oxidation sites excluding steroid dienone is 1. The largest absolute Gasteiger partial charge is 0.462 e. The molecular weight excluding hydrogens is 296 g/mol. The lowest BCUT2D eigenvalue weighted by molar-refractivity contribution is 0.0423. The second kappa shape index (κ2) is 8.86. The smallest absolute Gasteiger partial charge is 0.338 e. The fourth-order valence-corrected chi connectivity index (χ4v) is 3.71. The minimum atomic E-state index is -0.180. The van der Waals surface area contributed by atoms with Crippen LogP contribution in [0.1, 0.15) is 67.4 Å². The molecule has 2 aliphatic carbocycles. The molecule has 0 N–H and O–H groups in total. The van der Waals surface area contributed by atoms with E-state index in [9.17, 15) is 4.79 Å². The molecule has 1 aromatic rings. The lowest BCUT2D eigenvalue weighted by Crippen LogP contribution is -2.32. The van der Waals surface area contributed by atoms with Gasteiger partial charge >= 0.3 is 5.97 Å². The zero-order chi connectivity index (χ0) is 17.5. The number of carbonyl (C=O) groups excluding carboxylic acids is 1. The number of benzene rings is 1. The topological polar surface area (TPSA) is 26.3 Å². The monoisotopic (exact) mass is 326 g/mol. The number of carbonyl (C=O) groups is 1. The molecule has 24 heavy (non-hydrogen) atoms. The molecule has 1 aromatic carbocycles. The van der Waals surface area contributed by atoms with Crippen LogP contribution in [-0.4, -0.2) is 12.6 Å². The molecule has 0 atom stereocenters. The number of hydrogen-bond donors (Lipinski definition) is 0. The summed E-state index contributed by atoms with van der Waals surface area (Å²) < 4.78 is 5.68. The fraction of sp³-hybridized carbons (Fsp3) is 0.500. The lowest BCUT2D eigenvalue weighted by atomic mass is 9.99. The van der Waals surface area contributed by atoms with Crippen LogP contribution in [0.15, 0.2) is 18.7 Å². The number of ether oxygens (including phenoxy) is 1. The van der Waals surface area contributed by atoms with Crippen molar-refractivity contribution in [1.29, 1.82) is 0 Å². The molecule has 0 saturated carbocycles. The highest BCUT2D eigenvalue weighted by Crippen LogP contribution is 2.18. The molecule has 0 heterocycles. The zero-order valence-corrected chi connectivity index (χ0v) is 15.2. The van der Waals surface area contributed by atoms with Crippen LogP contribution < -0.4 is 10.4 Å². The molecule has 130 valence electrons. The first kappa shape index (κ1) is 18.5. The third-order valence-electron chi connectivity index (χ3n) is 4.90. The summed E-state index contributed by atoms with van der Waals surface area (Å²) in [5.41, 5.74) is 2.96. The highest BCUT2D eigenvalue weighted by atomic mass is 16.5. The number of hydrogen-bond acceptors (Lipinski definition) is 2. The summed E-state index contributed by atoms with van der Waals surface area (Å²) in [6.07, 6.45) is 11.2. The Morgan fingerprint density at radius 1 is 1.29 bits per heavy atom. The van der Waals surface area contributed by atoms with E-state index in [2.05, 4.69) is 27.0 Å². The molecule has 0 aromatic heterocycles. The highest BCUT2D eigenvalue weighted by molar-refractivity contribution is 5.91. The van der Waals surface area contributed by atoms with Crippen molar-refractivity contribution in [2.45, 2.75) is 58.8 Å². The predicted octanol–water partition coefficient (Wildman–Crippen LogP) is 3.93. The number of aryl methyl sites for hydroxylation is 1. The van der Waals surface area contributed by atoms with Crippen molar-refractivity contribution in [2.75, 3.05) is 6.61 Å². The van der Waals surface area contributed by atoms with Crippen LogP contribution in [0.3, 0.4) is 0 Å². The van der Waals surface area contributed by atoms with Gasteiger partial charge in [-0.05, 0) is 65.7 Å². The second-order valence-corrected chi connectivity index (χ2v) is 6.75. The van der Waals surface area contributed by atoms with Gasteiger partial charge in [0.1, 0.15) is 0 Å². The molecule has 0 spiro atoms. The van der Waals surface area contributed by atoms with Gasteiger partial charge in [-0.2, -0.15) is 0 Å². The van der Waals surface area contributed by atoms with Gasteiger partial charge in [-0.15, -0.1) is 0 Å². The fourth-order valence-electron chi connectivity index (χ4n) is 3.71. The third-order valence-corrected chi connectivity index (χ3v) is 4.90. The predicted molar refractivity (Wildman–Crippen MR) is 101 cm³/mol. The van der Waals surface area contributed by atoms with Gasteiger partial charge < -0.3 is 4.74 Å². The van der Waals surface area contributed by atoms with Crippen molar-refractivity contribution in [3.05, 3.63) is 45.8 Å². The van der Waals surface area contributed by atoms with Gasteiger partial charge in [0.05, 0.1) is 12.2 Å². The van der Waals surface area contributed by atoms with Gasteiger partial charge in [0.25, 0.3) is 0 Å². The molecule has 3 rings (SSSR count). The minimum Gasteiger partial charge on any atom is -0.462 e. The van der Waals surface area contributed by atoms with E-state index in [0.29, 0.717) is 12.5 Å². The van der Waals surface area contributed by atoms with Crippen LogP contribution in [0.25, 0.3) is 12.7 Å². The molecule has 2 aliphatic rings. The maximum absolute atomic E-state index is 12.7. The molecule has 0 aliphatic heterocycles. The molecule has 0 radical (unpaired) electrons. The summed E-state index contributed by atoms with van der Waals surface area (Å²) in [5.74, 6) is 0.296. The van der Waals surface area contributed by atoms with E-state index in [1.165, 1.54) is 5.56 Å². The number of fused-ring (bicyclic) bond motifs is 4. The summed E-state index contributed by atoms with van der Waals surface area (Å²) >= 11 is 0. The lowest BCUT2D eigenvalue weighted by Gasteiger charge is -2.16. The molecule has 0 amide bonds. The zero-order valence-electron chi connectivity index (χ0n) is 15.2. The third kappa shape index (κ3) is 4.17.